The van der Waals surface area contributed by atoms with Crippen LogP contribution in [0.2, 0.25) is 0 Å². The van der Waals surface area contributed by atoms with E-state index >= 15 is 0 Å². The minimum Gasteiger partial charge on any atom is -0.382 e. The summed E-state index contributed by atoms with van der Waals surface area (Å²) < 4.78 is 1.59. The molecule has 1 aromatic carbocycles. The normalized spacial score (nSPS) is 22.6. The summed E-state index contributed by atoms with van der Waals surface area (Å²) in [7, 11) is 0. The Labute approximate surface area is 117 Å². The third kappa shape index (κ3) is 2.77. The van der Waals surface area contributed by atoms with E-state index in [0.717, 1.165) is 37.1 Å². The smallest absolute Gasteiger partial charge is 0.330 e. The number of nitrogens with zero attached hydrogens (tertiary/aromatic N) is 1. The lowest BCUT2D eigenvalue weighted by Crippen LogP contribution is -2.32. The van der Waals surface area contributed by atoms with Crippen molar-refractivity contribution in [2.75, 3.05) is 5.32 Å². The highest BCUT2D eigenvalue weighted by Crippen LogP contribution is 2.21. The Hall–Kier alpha value is -2.01. The summed E-state index contributed by atoms with van der Waals surface area (Å²) in [6.45, 7) is 0. The fourth-order valence-corrected chi connectivity index (χ4v) is 2.74. The maximum absolute atomic E-state index is 11.5. The number of aromatic nitrogens is 2. The number of nitrogens with two attached hydrogens (primary N) is 1. The van der Waals surface area contributed by atoms with Crippen molar-refractivity contribution in [2.45, 2.75) is 37.8 Å². The molecule has 1 aromatic heterocycles. The molecule has 20 heavy (non-hydrogen) atoms. The summed E-state index contributed by atoms with van der Waals surface area (Å²) in [5.41, 5.74) is 7.76. The van der Waals surface area contributed by atoms with Crippen molar-refractivity contribution in [1.82, 2.24) is 9.55 Å². The first-order valence-electron chi connectivity index (χ1n) is 7.11. The molecule has 2 aromatic rings. The van der Waals surface area contributed by atoms with E-state index in [1.165, 1.54) is 0 Å². The number of benzene rings is 1. The van der Waals surface area contributed by atoms with Gasteiger partial charge in [-0.2, -0.15) is 0 Å². The number of hydrogen-bond donors (Lipinski definition) is 3. The van der Waals surface area contributed by atoms with Crippen molar-refractivity contribution in [2.24, 2.45) is 5.73 Å². The van der Waals surface area contributed by atoms with Gasteiger partial charge in [-0.25, -0.2) is 4.79 Å². The highest BCUT2D eigenvalue weighted by molar-refractivity contribution is 5.49. The van der Waals surface area contributed by atoms with Crippen molar-refractivity contribution in [3.63, 3.8) is 0 Å². The minimum absolute atomic E-state index is 0.119. The van der Waals surface area contributed by atoms with Crippen LogP contribution in [0.5, 0.6) is 0 Å². The van der Waals surface area contributed by atoms with E-state index in [1.54, 1.807) is 17.0 Å². The molecule has 4 N–H and O–H groups in total. The number of hydrogen-bond acceptors (Lipinski definition) is 3. The van der Waals surface area contributed by atoms with E-state index in [4.69, 9.17) is 5.73 Å². The molecule has 0 saturated heterocycles. The van der Waals surface area contributed by atoms with Crippen LogP contribution in [-0.2, 0) is 0 Å². The molecule has 5 nitrogen and oxygen atoms in total. The molecule has 1 fully saturated rings. The topological polar surface area (TPSA) is 75.8 Å². The van der Waals surface area contributed by atoms with E-state index in [9.17, 15) is 4.79 Å². The predicted octanol–water partition coefficient (Wildman–Crippen LogP) is 1.85. The lowest BCUT2D eigenvalue weighted by Gasteiger charge is -2.27. The second-order valence-corrected chi connectivity index (χ2v) is 5.44. The summed E-state index contributed by atoms with van der Waals surface area (Å²) >= 11 is 0. The number of rotatable bonds is 3. The number of nitrogens with one attached hydrogen (secondary N) is 2. The molecular formula is C15H20N4O. The Kier molecular flexibility index (Phi) is 3.60. The van der Waals surface area contributed by atoms with Crippen LogP contribution in [0.4, 0.5) is 5.69 Å². The Bertz CT molecular complexity index is 605. The fourth-order valence-electron chi connectivity index (χ4n) is 2.74. The van der Waals surface area contributed by atoms with Crippen LogP contribution in [0.15, 0.2) is 41.5 Å². The Morgan fingerprint density at radius 1 is 1.15 bits per heavy atom. The average Bonchev–Trinajstić information content (AvgIpc) is 2.89. The van der Waals surface area contributed by atoms with Crippen LogP contribution in [-0.4, -0.2) is 21.6 Å². The van der Waals surface area contributed by atoms with E-state index in [2.05, 4.69) is 10.3 Å². The number of imidazole rings is 1. The Morgan fingerprint density at radius 3 is 2.45 bits per heavy atom. The Morgan fingerprint density at radius 2 is 1.85 bits per heavy atom. The first kappa shape index (κ1) is 13.0. The molecular weight excluding hydrogens is 252 g/mol. The van der Waals surface area contributed by atoms with Gasteiger partial charge in [-0.3, -0.25) is 4.57 Å². The van der Waals surface area contributed by atoms with Gasteiger partial charge in [-0.1, -0.05) is 0 Å². The van der Waals surface area contributed by atoms with Gasteiger partial charge in [0, 0.05) is 30.2 Å². The summed E-state index contributed by atoms with van der Waals surface area (Å²) in [6.07, 6.45) is 7.80. The average molecular weight is 272 g/mol. The molecule has 0 amide bonds. The molecule has 0 bridgehead atoms. The molecule has 1 aliphatic carbocycles. The van der Waals surface area contributed by atoms with Gasteiger partial charge in [0.25, 0.3) is 0 Å². The monoisotopic (exact) mass is 272 g/mol. The van der Waals surface area contributed by atoms with Crippen LogP contribution < -0.4 is 16.7 Å². The maximum Gasteiger partial charge on any atom is 0.330 e. The molecule has 5 heteroatoms. The van der Waals surface area contributed by atoms with E-state index in [1.807, 2.05) is 24.3 Å². The van der Waals surface area contributed by atoms with Gasteiger partial charge < -0.3 is 16.0 Å². The van der Waals surface area contributed by atoms with E-state index in [-0.39, 0.29) is 5.69 Å². The highest BCUT2D eigenvalue weighted by Gasteiger charge is 2.17. The summed E-state index contributed by atoms with van der Waals surface area (Å²) in [6, 6.07) is 8.82. The molecule has 1 heterocycles. The van der Waals surface area contributed by atoms with E-state index < -0.39 is 0 Å². The van der Waals surface area contributed by atoms with Crippen molar-refractivity contribution in [1.29, 1.82) is 0 Å². The first-order chi connectivity index (χ1) is 9.72. The van der Waals surface area contributed by atoms with Gasteiger partial charge in [0.2, 0.25) is 0 Å². The zero-order valence-electron chi connectivity index (χ0n) is 11.4. The van der Waals surface area contributed by atoms with Crippen molar-refractivity contribution >= 4 is 5.69 Å². The molecule has 1 saturated carbocycles. The van der Waals surface area contributed by atoms with Gasteiger partial charge in [-0.15, -0.1) is 0 Å². The lowest BCUT2D eigenvalue weighted by molar-refractivity contribution is 0.411. The summed E-state index contributed by atoms with van der Waals surface area (Å²) in [5.74, 6) is 0. The molecule has 1 aliphatic rings. The van der Waals surface area contributed by atoms with Crippen molar-refractivity contribution in [3.05, 3.63) is 47.1 Å². The third-order valence-corrected chi connectivity index (χ3v) is 3.94. The van der Waals surface area contributed by atoms with Crippen LogP contribution in [0.1, 0.15) is 25.7 Å². The van der Waals surface area contributed by atoms with Gasteiger partial charge in [0.15, 0.2) is 0 Å². The largest absolute Gasteiger partial charge is 0.382 e. The molecule has 0 atom stereocenters. The highest BCUT2D eigenvalue weighted by atomic mass is 16.1. The second-order valence-electron chi connectivity index (χ2n) is 5.44. The molecule has 3 rings (SSSR count). The van der Waals surface area contributed by atoms with E-state index in [0.29, 0.717) is 12.1 Å². The van der Waals surface area contributed by atoms with Gasteiger partial charge in [0.1, 0.15) is 0 Å². The fraction of sp³-hybridized carbons (Fsp3) is 0.400. The summed E-state index contributed by atoms with van der Waals surface area (Å²) in [4.78, 5) is 14.2. The zero-order chi connectivity index (χ0) is 13.9. The van der Waals surface area contributed by atoms with Gasteiger partial charge >= 0.3 is 5.69 Å². The second kappa shape index (κ2) is 5.54. The van der Waals surface area contributed by atoms with Crippen molar-refractivity contribution in [3.8, 4) is 5.69 Å². The maximum atomic E-state index is 11.5. The van der Waals surface area contributed by atoms with Crippen LogP contribution in [0.3, 0.4) is 0 Å². The van der Waals surface area contributed by atoms with Crippen LogP contribution in [0.25, 0.3) is 5.69 Å². The number of aromatic amines is 1. The number of H-pyrrole nitrogens is 1. The molecule has 0 unspecified atom stereocenters. The SMILES string of the molecule is NC1CCC(Nc2ccc(-n3cc[nH]c3=O)cc2)CC1. The standard InChI is InChI=1S/C15H20N4O/c16-11-1-3-12(4-2-11)18-13-5-7-14(8-6-13)19-10-9-17-15(19)20/h5-12,18H,1-4,16H2,(H,17,20). The molecule has 0 spiro atoms. The minimum atomic E-state index is -0.119. The number of anilines is 1. The predicted molar refractivity (Wildman–Crippen MR) is 80.2 cm³/mol. The zero-order valence-corrected chi connectivity index (χ0v) is 11.4. The van der Waals surface area contributed by atoms with Gasteiger partial charge in [0.05, 0.1) is 5.69 Å². The van der Waals surface area contributed by atoms with Crippen molar-refractivity contribution < 1.29 is 0 Å². The van der Waals surface area contributed by atoms with Crippen LogP contribution in [0, 0.1) is 0 Å². The molecule has 106 valence electrons. The molecule has 0 radical (unpaired) electrons. The molecule has 0 aliphatic heterocycles. The third-order valence-electron chi connectivity index (χ3n) is 3.94. The lowest BCUT2D eigenvalue weighted by atomic mass is 9.92. The quantitative estimate of drug-likeness (QED) is 0.798. The van der Waals surface area contributed by atoms with Crippen LogP contribution >= 0.6 is 0 Å². The Balaban J connectivity index is 1.68. The first-order valence-corrected chi connectivity index (χ1v) is 7.11. The van der Waals surface area contributed by atoms with Gasteiger partial charge in [-0.05, 0) is 49.9 Å². The summed E-state index contributed by atoms with van der Waals surface area (Å²) in [5, 5.41) is 3.54.